The molecule has 72 valence electrons. The van der Waals surface area contributed by atoms with E-state index in [0.29, 0.717) is 0 Å². The molecule has 1 rings (SSSR count). The molecular formula is C11H18N2. The van der Waals surface area contributed by atoms with Crippen LogP contribution in [0.15, 0.2) is 12.1 Å². The van der Waals surface area contributed by atoms with Gasteiger partial charge in [0.15, 0.2) is 0 Å². The fraction of sp³-hybridized carbons (Fsp3) is 0.455. The van der Waals surface area contributed by atoms with Crippen molar-refractivity contribution < 1.29 is 0 Å². The van der Waals surface area contributed by atoms with Gasteiger partial charge in [0.1, 0.15) is 0 Å². The number of rotatable bonds is 3. The molecule has 0 radical (unpaired) electrons. The quantitative estimate of drug-likeness (QED) is 0.754. The molecule has 1 heterocycles. The van der Waals surface area contributed by atoms with Crippen LogP contribution >= 0.6 is 0 Å². The Hall–Kier alpha value is -1.02. The zero-order valence-electron chi connectivity index (χ0n) is 8.67. The van der Waals surface area contributed by atoms with Crippen LogP contribution in [0.5, 0.6) is 0 Å². The van der Waals surface area contributed by atoms with Crippen LogP contribution in [0.25, 0.3) is 6.08 Å². The van der Waals surface area contributed by atoms with E-state index in [9.17, 15) is 0 Å². The Morgan fingerprint density at radius 2 is 2.15 bits per heavy atom. The van der Waals surface area contributed by atoms with Crippen LogP contribution in [-0.4, -0.2) is 11.1 Å². The number of aromatic nitrogens is 1. The molecule has 0 fully saturated rings. The van der Waals surface area contributed by atoms with Gasteiger partial charge in [0, 0.05) is 18.4 Å². The summed E-state index contributed by atoms with van der Waals surface area (Å²) in [7, 11) is 2.09. The first-order valence-corrected chi connectivity index (χ1v) is 4.66. The number of hydrogen-bond donors (Lipinski definition) is 1. The van der Waals surface area contributed by atoms with Crippen LogP contribution in [0.4, 0.5) is 0 Å². The van der Waals surface area contributed by atoms with Crippen molar-refractivity contribution in [1.29, 1.82) is 0 Å². The first-order valence-electron chi connectivity index (χ1n) is 4.66. The first kappa shape index (κ1) is 10.1. The smallest absolute Gasteiger partial charge is 0.0215 e. The summed E-state index contributed by atoms with van der Waals surface area (Å²) in [5.41, 5.74) is 9.32. The number of nitrogens with two attached hydrogens (primary N) is 1. The molecule has 0 amide bonds. The molecule has 0 aliphatic rings. The zero-order chi connectivity index (χ0) is 9.84. The highest BCUT2D eigenvalue weighted by molar-refractivity contribution is 5.53. The van der Waals surface area contributed by atoms with E-state index in [-0.39, 0.29) is 0 Å². The maximum atomic E-state index is 5.41. The molecule has 0 bridgehead atoms. The van der Waals surface area contributed by atoms with Crippen LogP contribution in [0.2, 0.25) is 0 Å². The van der Waals surface area contributed by atoms with Crippen molar-refractivity contribution in [2.75, 3.05) is 6.54 Å². The molecule has 2 nitrogen and oxygen atoms in total. The van der Waals surface area contributed by atoms with Gasteiger partial charge in [-0.3, -0.25) is 0 Å². The van der Waals surface area contributed by atoms with Gasteiger partial charge in [-0.05, 0) is 38.4 Å². The lowest BCUT2D eigenvalue weighted by molar-refractivity contribution is 0.843. The van der Waals surface area contributed by atoms with Gasteiger partial charge < -0.3 is 10.3 Å². The highest BCUT2D eigenvalue weighted by Crippen LogP contribution is 2.14. The summed E-state index contributed by atoms with van der Waals surface area (Å²) < 4.78 is 2.20. The summed E-state index contributed by atoms with van der Waals surface area (Å²) >= 11 is 0. The molecule has 1 aromatic rings. The minimum Gasteiger partial charge on any atom is -0.352 e. The minimum absolute atomic E-state index is 0.724. The third-order valence-electron chi connectivity index (χ3n) is 2.45. The largest absolute Gasteiger partial charge is 0.352 e. The average Bonchev–Trinajstić information content (AvgIpc) is 2.34. The van der Waals surface area contributed by atoms with Gasteiger partial charge in [0.2, 0.25) is 0 Å². The lowest BCUT2D eigenvalue weighted by Gasteiger charge is -1.98. The van der Waals surface area contributed by atoms with E-state index in [1.807, 2.05) is 0 Å². The van der Waals surface area contributed by atoms with Crippen molar-refractivity contribution in [2.24, 2.45) is 12.8 Å². The van der Waals surface area contributed by atoms with Crippen LogP contribution in [-0.2, 0) is 7.05 Å². The van der Waals surface area contributed by atoms with E-state index in [1.165, 1.54) is 17.0 Å². The molecule has 0 aliphatic heterocycles. The van der Waals surface area contributed by atoms with E-state index in [0.717, 1.165) is 13.0 Å². The molecule has 0 saturated heterocycles. The molecule has 1 aromatic heterocycles. The summed E-state index contributed by atoms with van der Waals surface area (Å²) in [6.07, 6.45) is 5.23. The van der Waals surface area contributed by atoms with Gasteiger partial charge in [-0.15, -0.1) is 0 Å². The van der Waals surface area contributed by atoms with E-state index < -0.39 is 0 Å². The highest BCUT2D eigenvalue weighted by atomic mass is 14.9. The molecule has 0 saturated carbocycles. The summed E-state index contributed by atoms with van der Waals surface area (Å²) in [6.45, 7) is 4.98. The van der Waals surface area contributed by atoms with E-state index in [2.05, 4.69) is 43.7 Å². The Labute approximate surface area is 80.1 Å². The van der Waals surface area contributed by atoms with Gasteiger partial charge >= 0.3 is 0 Å². The number of hydrogen-bond acceptors (Lipinski definition) is 1. The van der Waals surface area contributed by atoms with E-state index >= 15 is 0 Å². The minimum atomic E-state index is 0.724. The number of nitrogens with zero attached hydrogens (tertiary/aromatic N) is 1. The second-order valence-electron chi connectivity index (χ2n) is 3.37. The fourth-order valence-corrected chi connectivity index (χ4v) is 1.36. The molecule has 2 N–H and O–H groups in total. The third kappa shape index (κ3) is 2.22. The molecule has 0 unspecified atom stereocenters. The Kier molecular flexibility index (Phi) is 3.32. The standard InChI is InChI=1S/C11H18N2/c1-9-8-11(6-4-5-7-12)10(2)13(9)3/h4,6,8H,5,7,12H2,1-3H3/b6-4+. The molecule has 0 atom stereocenters. The van der Waals surface area contributed by atoms with Crippen LogP contribution in [0.1, 0.15) is 23.4 Å². The summed E-state index contributed by atoms with van der Waals surface area (Å²) in [5.74, 6) is 0. The summed E-state index contributed by atoms with van der Waals surface area (Å²) in [6, 6.07) is 2.20. The van der Waals surface area contributed by atoms with Crippen LogP contribution in [0.3, 0.4) is 0 Å². The third-order valence-corrected chi connectivity index (χ3v) is 2.45. The van der Waals surface area contributed by atoms with Crippen molar-refractivity contribution in [2.45, 2.75) is 20.3 Å². The molecule has 0 aromatic carbocycles. The normalized spacial score (nSPS) is 11.4. The Morgan fingerprint density at radius 1 is 1.46 bits per heavy atom. The van der Waals surface area contributed by atoms with Crippen molar-refractivity contribution in [3.8, 4) is 0 Å². The molecule has 0 spiro atoms. The fourth-order valence-electron chi connectivity index (χ4n) is 1.36. The topological polar surface area (TPSA) is 30.9 Å². The maximum absolute atomic E-state index is 5.41. The van der Waals surface area contributed by atoms with E-state index in [4.69, 9.17) is 5.73 Å². The summed E-state index contributed by atoms with van der Waals surface area (Å²) in [4.78, 5) is 0. The first-order chi connectivity index (χ1) is 6.16. The monoisotopic (exact) mass is 178 g/mol. The zero-order valence-corrected chi connectivity index (χ0v) is 8.67. The Bertz CT molecular complexity index is 308. The average molecular weight is 178 g/mol. The molecule has 2 heteroatoms. The molecule has 13 heavy (non-hydrogen) atoms. The molecule has 0 aliphatic carbocycles. The highest BCUT2D eigenvalue weighted by Gasteiger charge is 2.01. The molecular weight excluding hydrogens is 160 g/mol. The van der Waals surface area contributed by atoms with Crippen LogP contribution in [0, 0.1) is 13.8 Å². The van der Waals surface area contributed by atoms with Gasteiger partial charge in [-0.25, -0.2) is 0 Å². The second-order valence-corrected chi connectivity index (χ2v) is 3.37. The van der Waals surface area contributed by atoms with Crippen molar-refractivity contribution in [3.05, 3.63) is 29.1 Å². The van der Waals surface area contributed by atoms with Crippen molar-refractivity contribution in [1.82, 2.24) is 4.57 Å². The second kappa shape index (κ2) is 4.28. The van der Waals surface area contributed by atoms with Gasteiger partial charge in [0.05, 0.1) is 0 Å². The van der Waals surface area contributed by atoms with Crippen LogP contribution < -0.4 is 5.73 Å². The van der Waals surface area contributed by atoms with Gasteiger partial charge in [-0.1, -0.05) is 12.2 Å². The van der Waals surface area contributed by atoms with Gasteiger partial charge in [-0.2, -0.15) is 0 Å². The Balaban J connectivity index is 2.83. The van der Waals surface area contributed by atoms with Gasteiger partial charge in [0.25, 0.3) is 0 Å². The lowest BCUT2D eigenvalue weighted by atomic mass is 10.2. The van der Waals surface area contributed by atoms with E-state index in [1.54, 1.807) is 0 Å². The number of aryl methyl sites for hydroxylation is 1. The van der Waals surface area contributed by atoms with Crippen molar-refractivity contribution >= 4 is 6.08 Å². The lowest BCUT2D eigenvalue weighted by Crippen LogP contribution is -1.95. The SMILES string of the molecule is Cc1cc(/C=C/CCN)c(C)n1C. The van der Waals surface area contributed by atoms with Crippen molar-refractivity contribution in [3.63, 3.8) is 0 Å². The predicted molar refractivity (Wildman–Crippen MR) is 57.6 cm³/mol. The predicted octanol–water partition coefficient (Wildman–Crippen LogP) is 2.00. The maximum Gasteiger partial charge on any atom is 0.0215 e. The Morgan fingerprint density at radius 3 is 2.62 bits per heavy atom. The summed E-state index contributed by atoms with van der Waals surface area (Å²) in [5, 5.41) is 0.